The first kappa shape index (κ1) is 13.7. The maximum atomic E-state index is 10.9. The second-order valence-corrected chi connectivity index (χ2v) is 4.44. The van der Waals surface area contributed by atoms with Gasteiger partial charge in [0.05, 0.1) is 19.2 Å². The van der Waals surface area contributed by atoms with Crippen LogP contribution in [0.2, 0.25) is 0 Å². The number of carbonyl (C=O) groups excluding carboxylic acids is 2. The Bertz CT molecular complexity index is 390. The SMILES string of the molecule is COC(=O)CCNCc1sccc1NC(C)=O. The number of hydrogen-bond acceptors (Lipinski definition) is 5. The standard InChI is InChI=1S/C11H16N2O3S/c1-8(14)13-9-4-6-17-10(9)7-12-5-3-11(15)16-2/h4,6,12H,3,5,7H2,1-2H3,(H,13,14). The van der Waals surface area contributed by atoms with Crippen LogP contribution < -0.4 is 10.6 Å². The molecule has 5 nitrogen and oxygen atoms in total. The lowest BCUT2D eigenvalue weighted by molar-refractivity contribution is -0.140. The third kappa shape index (κ3) is 4.97. The van der Waals surface area contributed by atoms with E-state index in [0.717, 1.165) is 10.6 Å². The number of carbonyl (C=O) groups is 2. The van der Waals surface area contributed by atoms with Crippen molar-refractivity contribution in [1.82, 2.24) is 5.32 Å². The molecule has 0 aliphatic rings. The highest BCUT2D eigenvalue weighted by atomic mass is 32.1. The zero-order chi connectivity index (χ0) is 12.7. The van der Waals surface area contributed by atoms with Crippen molar-refractivity contribution >= 4 is 28.9 Å². The summed E-state index contributed by atoms with van der Waals surface area (Å²) in [5.74, 6) is -0.315. The molecule has 1 heterocycles. The van der Waals surface area contributed by atoms with Crippen LogP contribution in [-0.2, 0) is 20.9 Å². The largest absolute Gasteiger partial charge is 0.469 e. The van der Waals surface area contributed by atoms with Gasteiger partial charge in [-0.05, 0) is 11.4 Å². The van der Waals surface area contributed by atoms with Gasteiger partial charge in [0.2, 0.25) is 5.91 Å². The van der Waals surface area contributed by atoms with Gasteiger partial charge in [0.1, 0.15) is 0 Å². The van der Waals surface area contributed by atoms with Crippen LogP contribution in [0.1, 0.15) is 18.2 Å². The van der Waals surface area contributed by atoms with Crippen LogP contribution >= 0.6 is 11.3 Å². The lowest BCUT2D eigenvalue weighted by Crippen LogP contribution is -2.18. The van der Waals surface area contributed by atoms with E-state index in [9.17, 15) is 9.59 Å². The third-order valence-corrected chi connectivity index (χ3v) is 3.00. The van der Waals surface area contributed by atoms with Gasteiger partial charge in [0, 0.05) is 24.9 Å². The van der Waals surface area contributed by atoms with Gasteiger partial charge in [-0.3, -0.25) is 9.59 Å². The fourth-order valence-corrected chi connectivity index (χ4v) is 2.07. The molecule has 6 heteroatoms. The Kier molecular flexibility index (Phi) is 5.65. The summed E-state index contributed by atoms with van der Waals surface area (Å²) in [6.07, 6.45) is 0.345. The molecule has 1 aromatic heterocycles. The highest BCUT2D eigenvalue weighted by Gasteiger charge is 2.05. The first-order valence-electron chi connectivity index (χ1n) is 5.25. The van der Waals surface area contributed by atoms with Crippen molar-refractivity contribution in [2.45, 2.75) is 19.9 Å². The second kappa shape index (κ2) is 7.03. The molecule has 0 aliphatic carbocycles. The van der Waals surface area contributed by atoms with Gasteiger partial charge >= 0.3 is 5.97 Å². The van der Waals surface area contributed by atoms with E-state index in [-0.39, 0.29) is 11.9 Å². The van der Waals surface area contributed by atoms with E-state index in [0.29, 0.717) is 19.5 Å². The minimum absolute atomic E-state index is 0.0841. The molecule has 0 saturated carbocycles. The van der Waals surface area contributed by atoms with E-state index in [4.69, 9.17) is 0 Å². The minimum atomic E-state index is -0.231. The fraction of sp³-hybridized carbons (Fsp3) is 0.455. The van der Waals surface area contributed by atoms with Crippen molar-refractivity contribution in [2.75, 3.05) is 19.0 Å². The van der Waals surface area contributed by atoms with Crippen LogP contribution in [0.3, 0.4) is 0 Å². The number of nitrogens with one attached hydrogen (secondary N) is 2. The van der Waals surface area contributed by atoms with Crippen LogP contribution in [0, 0.1) is 0 Å². The molecule has 0 spiro atoms. The molecule has 0 bridgehead atoms. The predicted octanol–water partition coefficient (Wildman–Crippen LogP) is 1.36. The Labute approximate surface area is 104 Å². The maximum absolute atomic E-state index is 10.9. The van der Waals surface area contributed by atoms with Crippen molar-refractivity contribution in [3.63, 3.8) is 0 Å². The average Bonchev–Trinajstić information content (AvgIpc) is 2.70. The molecule has 0 aliphatic heterocycles. The first-order chi connectivity index (χ1) is 8.13. The summed E-state index contributed by atoms with van der Waals surface area (Å²) in [5.41, 5.74) is 0.827. The molecule has 1 amide bonds. The number of rotatable bonds is 6. The topological polar surface area (TPSA) is 67.4 Å². The minimum Gasteiger partial charge on any atom is -0.469 e. The summed E-state index contributed by atoms with van der Waals surface area (Å²) in [6, 6.07) is 1.86. The monoisotopic (exact) mass is 256 g/mol. The Morgan fingerprint density at radius 3 is 2.88 bits per heavy atom. The van der Waals surface area contributed by atoms with Gasteiger partial charge in [0.25, 0.3) is 0 Å². The van der Waals surface area contributed by atoms with E-state index in [2.05, 4.69) is 15.4 Å². The molecule has 94 valence electrons. The molecular weight excluding hydrogens is 240 g/mol. The van der Waals surface area contributed by atoms with Gasteiger partial charge in [-0.25, -0.2) is 0 Å². The van der Waals surface area contributed by atoms with Crippen molar-refractivity contribution in [1.29, 1.82) is 0 Å². The maximum Gasteiger partial charge on any atom is 0.306 e. The fourth-order valence-electron chi connectivity index (χ4n) is 1.27. The van der Waals surface area contributed by atoms with Crippen molar-refractivity contribution < 1.29 is 14.3 Å². The quantitative estimate of drug-likeness (QED) is 0.595. The number of methoxy groups -OCH3 is 1. The number of anilines is 1. The lowest BCUT2D eigenvalue weighted by atomic mass is 10.3. The molecule has 0 aromatic carbocycles. The molecule has 17 heavy (non-hydrogen) atoms. The predicted molar refractivity (Wildman–Crippen MR) is 67.0 cm³/mol. The zero-order valence-electron chi connectivity index (χ0n) is 9.91. The lowest BCUT2D eigenvalue weighted by Gasteiger charge is -2.05. The molecule has 0 fully saturated rings. The van der Waals surface area contributed by atoms with Crippen molar-refractivity contribution in [3.8, 4) is 0 Å². The molecule has 0 radical (unpaired) electrons. The molecule has 0 saturated heterocycles. The van der Waals surface area contributed by atoms with E-state index in [1.54, 1.807) is 11.3 Å². The van der Waals surface area contributed by atoms with Crippen LogP contribution in [0.4, 0.5) is 5.69 Å². The van der Waals surface area contributed by atoms with E-state index in [1.165, 1.54) is 14.0 Å². The molecule has 0 atom stereocenters. The number of hydrogen-bond donors (Lipinski definition) is 2. The van der Waals surface area contributed by atoms with Crippen LogP contribution in [0.15, 0.2) is 11.4 Å². The smallest absolute Gasteiger partial charge is 0.306 e. The highest BCUT2D eigenvalue weighted by Crippen LogP contribution is 2.21. The van der Waals surface area contributed by atoms with Gasteiger partial charge in [-0.15, -0.1) is 11.3 Å². The van der Waals surface area contributed by atoms with Gasteiger partial charge in [0.15, 0.2) is 0 Å². The normalized spacial score (nSPS) is 10.0. The van der Waals surface area contributed by atoms with Gasteiger partial charge < -0.3 is 15.4 Å². The summed E-state index contributed by atoms with van der Waals surface area (Å²) in [7, 11) is 1.37. The summed E-state index contributed by atoms with van der Waals surface area (Å²) >= 11 is 1.56. The molecule has 1 aromatic rings. The zero-order valence-corrected chi connectivity index (χ0v) is 10.7. The van der Waals surface area contributed by atoms with Gasteiger partial charge in [-0.2, -0.15) is 0 Å². The summed E-state index contributed by atoms with van der Waals surface area (Å²) in [5, 5.41) is 7.80. The average molecular weight is 256 g/mol. The summed E-state index contributed by atoms with van der Waals surface area (Å²) in [4.78, 5) is 22.8. The van der Waals surface area contributed by atoms with Gasteiger partial charge in [-0.1, -0.05) is 0 Å². The Morgan fingerprint density at radius 1 is 1.47 bits per heavy atom. The first-order valence-corrected chi connectivity index (χ1v) is 6.13. The summed E-state index contributed by atoms with van der Waals surface area (Å²) in [6.45, 7) is 2.67. The van der Waals surface area contributed by atoms with E-state index < -0.39 is 0 Å². The number of ether oxygens (including phenoxy) is 1. The number of amides is 1. The van der Waals surface area contributed by atoms with Crippen molar-refractivity contribution in [2.24, 2.45) is 0 Å². The Morgan fingerprint density at radius 2 is 2.24 bits per heavy atom. The van der Waals surface area contributed by atoms with Crippen LogP contribution in [-0.4, -0.2) is 25.5 Å². The van der Waals surface area contributed by atoms with Crippen LogP contribution in [0.5, 0.6) is 0 Å². The molecular formula is C11H16N2O3S. The number of thiophene rings is 1. The second-order valence-electron chi connectivity index (χ2n) is 3.44. The molecule has 1 rings (SSSR count). The van der Waals surface area contributed by atoms with E-state index in [1.807, 2.05) is 11.4 Å². The third-order valence-electron chi connectivity index (χ3n) is 2.08. The Balaban J connectivity index is 2.34. The molecule has 2 N–H and O–H groups in total. The van der Waals surface area contributed by atoms with Crippen molar-refractivity contribution in [3.05, 3.63) is 16.3 Å². The van der Waals surface area contributed by atoms with Crippen LogP contribution in [0.25, 0.3) is 0 Å². The summed E-state index contributed by atoms with van der Waals surface area (Å²) < 4.78 is 4.53. The Hall–Kier alpha value is -1.40. The number of esters is 1. The van der Waals surface area contributed by atoms with E-state index >= 15 is 0 Å². The molecule has 0 unspecified atom stereocenters. The highest BCUT2D eigenvalue weighted by molar-refractivity contribution is 7.10.